The zero-order chi connectivity index (χ0) is 11.3. The van der Waals surface area contributed by atoms with E-state index in [1.165, 1.54) is 0 Å². The molecule has 3 aromatic rings. The highest BCUT2D eigenvalue weighted by molar-refractivity contribution is 6.01. The van der Waals surface area contributed by atoms with Crippen molar-refractivity contribution in [3.63, 3.8) is 0 Å². The van der Waals surface area contributed by atoms with Crippen LogP contribution in [0.3, 0.4) is 0 Å². The van der Waals surface area contributed by atoms with E-state index in [2.05, 4.69) is 30.7 Å². The van der Waals surface area contributed by atoms with Gasteiger partial charge in [-0.05, 0) is 5.21 Å². The lowest BCUT2D eigenvalue weighted by Gasteiger charge is -2.06. The normalized spacial score (nSPS) is 11.2. The van der Waals surface area contributed by atoms with Crippen molar-refractivity contribution in [2.75, 3.05) is 11.6 Å². The molecule has 16 heavy (non-hydrogen) atoms. The predicted molar refractivity (Wildman–Crippen MR) is 53.2 cm³/mol. The van der Waals surface area contributed by atoms with E-state index < -0.39 is 0 Å². The van der Waals surface area contributed by atoms with E-state index in [9.17, 15) is 0 Å². The summed E-state index contributed by atoms with van der Waals surface area (Å²) in [6.45, 7) is 0. The molecule has 0 spiro atoms. The molecular weight excluding hydrogens is 212 g/mol. The maximum atomic E-state index is 7.76. The second kappa shape index (κ2) is 2.62. The number of hydrogen-bond donors (Lipinski definition) is 4. The van der Waals surface area contributed by atoms with Gasteiger partial charge in [-0.15, -0.1) is 15.3 Å². The largest absolute Gasteiger partial charge is 0.382 e. The van der Waals surface area contributed by atoms with Crippen LogP contribution in [0.4, 0.5) is 5.82 Å². The Balaban J connectivity index is 2.78. The van der Waals surface area contributed by atoms with Crippen molar-refractivity contribution in [1.82, 2.24) is 35.5 Å². The molecule has 0 fully saturated rings. The monoisotopic (exact) mass is 218 g/mol. The zero-order valence-corrected chi connectivity index (χ0v) is 7.84. The van der Waals surface area contributed by atoms with Gasteiger partial charge in [-0.25, -0.2) is 4.98 Å². The summed E-state index contributed by atoms with van der Waals surface area (Å²) in [6.07, 6.45) is 0. The molecule has 3 aromatic heterocycles. The van der Waals surface area contributed by atoms with Crippen molar-refractivity contribution >= 4 is 28.0 Å². The van der Waals surface area contributed by atoms with Crippen LogP contribution in [0.25, 0.3) is 22.2 Å². The van der Waals surface area contributed by atoms with Gasteiger partial charge in [0.1, 0.15) is 10.9 Å². The molecule has 0 atom stereocenters. The standard InChI is InChI=1S/C6H6N10/c7-2-3-1-5(10-4(2)8)11-14-12-6(1)13-15-16(3)9/h7,14H,9H2,(H2,8,10,11). The molecule has 0 bridgehead atoms. The van der Waals surface area contributed by atoms with Gasteiger partial charge >= 0.3 is 0 Å². The highest BCUT2D eigenvalue weighted by Gasteiger charge is 2.13. The number of pyridine rings is 1. The van der Waals surface area contributed by atoms with Crippen molar-refractivity contribution in [2.24, 2.45) is 0 Å². The Hall–Kier alpha value is -2.78. The molecule has 0 radical (unpaired) electrons. The zero-order valence-electron chi connectivity index (χ0n) is 7.84. The lowest BCUT2D eigenvalue weighted by molar-refractivity contribution is 0.736. The van der Waals surface area contributed by atoms with Crippen LogP contribution in [0, 0.1) is 5.41 Å². The highest BCUT2D eigenvalue weighted by Crippen LogP contribution is 2.15. The SMILES string of the molecule is N=c1c(N)nc2n[nH]nc3nnn(N)c1c32. The van der Waals surface area contributed by atoms with E-state index in [1.807, 2.05) is 0 Å². The third kappa shape index (κ3) is 0.893. The smallest absolute Gasteiger partial charge is 0.210 e. The minimum atomic E-state index is -0.0234. The number of nitrogens with one attached hydrogen (secondary N) is 2. The molecule has 0 aromatic carbocycles. The van der Waals surface area contributed by atoms with E-state index in [-0.39, 0.29) is 16.8 Å². The summed E-state index contributed by atoms with van der Waals surface area (Å²) in [4.78, 5) is 4.89. The van der Waals surface area contributed by atoms with Gasteiger partial charge in [-0.1, -0.05) is 0 Å². The van der Waals surface area contributed by atoms with E-state index in [0.29, 0.717) is 16.6 Å². The van der Waals surface area contributed by atoms with Gasteiger partial charge in [0.05, 0.1) is 5.39 Å². The van der Waals surface area contributed by atoms with Gasteiger partial charge in [0.2, 0.25) is 5.65 Å². The van der Waals surface area contributed by atoms with E-state index >= 15 is 0 Å². The summed E-state index contributed by atoms with van der Waals surface area (Å²) >= 11 is 0. The molecule has 0 amide bonds. The van der Waals surface area contributed by atoms with Crippen LogP contribution in [0.1, 0.15) is 0 Å². The van der Waals surface area contributed by atoms with Crippen LogP contribution in [0.5, 0.6) is 0 Å². The van der Waals surface area contributed by atoms with Gasteiger partial charge in [0, 0.05) is 0 Å². The maximum Gasteiger partial charge on any atom is 0.210 e. The lowest BCUT2D eigenvalue weighted by Crippen LogP contribution is -2.24. The highest BCUT2D eigenvalue weighted by atomic mass is 15.6. The second-order valence-electron chi connectivity index (χ2n) is 3.10. The number of anilines is 1. The van der Waals surface area contributed by atoms with Gasteiger partial charge < -0.3 is 11.6 Å². The van der Waals surface area contributed by atoms with Crippen LogP contribution in [0.2, 0.25) is 0 Å². The summed E-state index contributed by atoms with van der Waals surface area (Å²) in [5, 5.41) is 25.6. The number of aromatic nitrogens is 7. The van der Waals surface area contributed by atoms with Crippen LogP contribution >= 0.6 is 0 Å². The number of nitrogens with zero attached hydrogens (tertiary/aromatic N) is 6. The van der Waals surface area contributed by atoms with Gasteiger partial charge in [0.15, 0.2) is 11.5 Å². The second-order valence-corrected chi connectivity index (χ2v) is 3.10. The first-order valence-electron chi connectivity index (χ1n) is 4.24. The molecule has 0 aliphatic rings. The van der Waals surface area contributed by atoms with Crippen LogP contribution in [-0.4, -0.2) is 35.5 Å². The summed E-state index contributed by atoms with van der Waals surface area (Å²) in [7, 11) is 0. The fraction of sp³-hybridized carbons (Fsp3) is 0. The van der Waals surface area contributed by atoms with Crippen molar-refractivity contribution in [2.45, 2.75) is 0 Å². The van der Waals surface area contributed by atoms with Crippen molar-refractivity contribution in [3.05, 3.63) is 5.36 Å². The number of rotatable bonds is 0. The Morgan fingerprint density at radius 3 is 2.81 bits per heavy atom. The van der Waals surface area contributed by atoms with Crippen molar-refractivity contribution in [3.8, 4) is 0 Å². The van der Waals surface area contributed by atoms with Gasteiger partial charge in [-0.3, -0.25) is 5.41 Å². The average Bonchev–Trinajstić information content (AvgIpc) is 2.28. The summed E-state index contributed by atoms with van der Waals surface area (Å²) < 4.78 is 0. The predicted octanol–water partition coefficient (Wildman–Crippen LogP) is -2.13. The number of nitrogen functional groups attached to an aromatic ring is 2. The molecule has 0 saturated carbocycles. The lowest BCUT2D eigenvalue weighted by atomic mass is 10.2. The molecule has 10 heteroatoms. The minimum absolute atomic E-state index is 0.0214. The molecule has 3 heterocycles. The number of nitrogens with two attached hydrogens (primary N) is 2. The maximum absolute atomic E-state index is 7.76. The Kier molecular flexibility index (Phi) is 1.40. The third-order valence-corrected chi connectivity index (χ3v) is 2.18. The summed E-state index contributed by atoms with van der Waals surface area (Å²) in [6, 6.07) is 0. The number of hydrogen-bond acceptors (Lipinski definition) is 8. The molecule has 0 unspecified atom stereocenters. The quantitative estimate of drug-likeness (QED) is 0.313. The number of aromatic amines is 1. The molecule has 6 N–H and O–H groups in total. The first kappa shape index (κ1) is 8.52. The molecule has 10 nitrogen and oxygen atoms in total. The van der Waals surface area contributed by atoms with Crippen molar-refractivity contribution in [1.29, 1.82) is 5.41 Å². The fourth-order valence-corrected chi connectivity index (χ4v) is 1.48. The van der Waals surface area contributed by atoms with E-state index in [0.717, 1.165) is 4.79 Å². The van der Waals surface area contributed by atoms with E-state index in [4.69, 9.17) is 17.0 Å². The molecule has 0 aliphatic heterocycles. The topological polar surface area (TPSA) is 161 Å². The third-order valence-electron chi connectivity index (χ3n) is 2.18. The molecule has 0 saturated heterocycles. The fourth-order valence-electron chi connectivity index (χ4n) is 1.48. The van der Waals surface area contributed by atoms with Crippen LogP contribution in [0.15, 0.2) is 0 Å². The number of H-pyrrole nitrogens is 1. The Morgan fingerprint density at radius 1 is 1.25 bits per heavy atom. The Labute approximate surface area is 86.7 Å². The van der Waals surface area contributed by atoms with Gasteiger partial charge in [0.25, 0.3) is 0 Å². The minimum Gasteiger partial charge on any atom is -0.382 e. The first-order valence-corrected chi connectivity index (χ1v) is 4.24. The van der Waals surface area contributed by atoms with E-state index in [1.54, 1.807) is 0 Å². The molecule has 3 rings (SSSR count). The first-order chi connectivity index (χ1) is 7.68. The molecule has 0 aliphatic carbocycles. The Bertz CT molecular complexity index is 751. The summed E-state index contributed by atoms with van der Waals surface area (Å²) in [5.74, 6) is 5.60. The van der Waals surface area contributed by atoms with Crippen LogP contribution in [-0.2, 0) is 0 Å². The van der Waals surface area contributed by atoms with Gasteiger partial charge in [-0.2, -0.15) is 10.0 Å². The summed E-state index contributed by atoms with van der Waals surface area (Å²) in [5.41, 5.74) is 6.44. The van der Waals surface area contributed by atoms with Crippen molar-refractivity contribution < 1.29 is 0 Å². The van der Waals surface area contributed by atoms with Crippen LogP contribution < -0.4 is 16.9 Å². The Morgan fingerprint density at radius 2 is 2.00 bits per heavy atom. The molecule has 80 valence electrons. The molecular formula is C6H6N10. The average molecular weight is 218 g/mol.